The number of aryl methyl sites for hydroxylation is 2. The second-order valence-electron chi connectivity index (χ2n) is 6.55. The van der Waals surface area contributed by atoms with E-state index in [1.807, 2.05) is 54.6 Å². The van der Waals surface area contributed by atoms with E-state index in [-0.39, 0.29) is 11.9 Å². The van der Waals surface area contributed by atoms with Gasteiger partial charge >= 0.3 is 0 Å². The van der Waals surface area contributed by atoms with Crippen molar-refractivity contribution >= 4 is 16.9 Å². The van der Waals surface area contributed by atoms with E-state index in [2.05, 4.69) is 20.4 Å². The van der Waals surface area contributed by atoms with Gasteiger partial charge in [-0.25, -0.2) is 4.98 Å². The summed E-state index contributed by atoms with van der Waals surface area (Å²) in [5.74, 6) is 1.01. The molecule has 0 aliphatic heterocycles. The average Bonchev–Trinajstić information content (AvgIpc) is 3.25. The van der Waals surface area contributed by atoms with Crippen LogP contribution in [0, 0.1) is 13.8 Å². The number of carbonyl (C=O) groups excluding carboxylic acids is 1. The highest BCUT2D eigenvalue weighted by molar-refractivity contribution is 5.96. The third-order valence-corrected chi connectivity index (χ3v) is 4.59. The predicted octanol–water partition coefficient (Wildman–Crippen LogP) is 3.88. The molecule has 27 heavy (non-hydrogen) atoms. The van der Waals surface area contributed by atoms with Crippen molar-refractivity contribution in [2.24, 2.45) is 0 Å². The van der Waals surface area contributed by atoms with Crippen LogP contribution in [0.25, 0.3) is 11.0 Å². The third-order valence-electron chi connectivity index (χ3n) is 4.59. The van der Waals surface area contributed by atoms with Gasteiger partial charge in [-0.1, -0.05) is 47.6 Å². The number of hydrogen-bond acceptors (Lipinski definition) is 4. The monoisotopic (exact) mass is 360 g/mol. The van der Waals surface area contributed by atoms with Crippen molar-refractivity contribution in [1.82, 2.24) is 20.4 Å². The van der Waals surface area contributed by atoms with Gasteiger partial charge in [-0.3, -0.25) is 4.79 Å². The lowest BCUT2D eigenvalue weighted by atomic mass is 10.0. The van der Waals surface area contributed by atoms with Gasteiger partial charge in [0.25, 0.3) is 5.91 Å². The summed E-state index contributed by atoms with van der Waals surface area (Å²) in [6.45, 7) is 3.50. The first kappa shape index (κ1) is 17.0. The molecule has 0 saturated carbocycles. The zero-order valence-electron chi connectivity index (χ0n) is 15.2. The molecular weight excluding hydrogens is 340 g/mol. The number of aromatic nitrogens is 3. The van der Waals surface area contributed by atoms with Crippen LogP contribution in [0.3, 0.4) is 0 Å². The zero-order valence-corrected chi connectivity index (χ0v) is 15.2. The number of aromatic amines is 1. The molecular formula is C21H20N4O2. The second kappa shape index (κ2) is 7.07. The van der Waals surface area contributed by atoms with Crippen LogP contribution in [0.5, 0.6) is 0 Å². The Labute approximate surface area is 156 Å². The van der Waals surface area contributed by atoms with Gasteiger partial charge in [-0.05, 0) is 38.0 Å². The van der Waals surface area contributed by atoms with Gasteiger partial charge in [-0.2, -0.15) is 0 Å². The van der Waals surface area contributed by atoms with Crippen LogP contribution < -0.4 is 5.32 Å². The summed E-state index contributed by atoms with van der Waals surface area (Å²) in [6.07, 6.45) is 0.621. The number of imidazole rings is 1. The second-order valence-corrected chi connectivity index (χ2v) is 6.55. The highest BCUT2D eigenvalue weighted by atomic mass is 16.5. The van der Waals surface area contributed by atoms with E-state index in [1.54, 1.807) is 13.8 Å². The van der Waals surface area contributed by atoms with Crippen molar-refractivity contribution in [3.05, 3.63) is 83.0 Å². The molecule has 1 atom stereocenters. The molecule has 0 fully saturated rings. The quantitative estimate of drug-likeness (QED) is 0.566. The molecule has 0 aliphatic rings. The summed E-state index contributed by atoms with van der Waals surface area (Å²) in [4.78, 5) is 20.9. The Hall–Kier alpha value is -3.41. The Morgan fingerprint density at radius 3 is 2.56 bits per heavy atom. The molecule has 0 bridgehead atoms. The minimum Gasteiger partial charge on any atom is -0.361 e. The molecule has 2 aromatic heterocycles. The fourth-order valence-corrected chi connectivity index (χ4v) is 3.24. The van der Waals surface area contributed by atoms with E-state index in [0.29, 0.717) is 23.4 Å². The predicted molar refractivity (Wildman–Crippen MR) is 102 cm³/mol. The third kappa shape index (κ3) is 3.46. The summed E-state index contributed by atoms with van der Waals surface area (Å²) in [6, 6.07) is 17.5. The molecule has 2 heterocycles. The van der Waals surface area contributed by atoms with E-state index in [1.165, 1.54) is 0 Å². The van der Waals surface area contributed by atoms with Crippen molar-refractivity contribution in [3.8, 4) is 0 Å². The molecule has 0 unspecified atom stereocenters. The van der Waals surface area contributed by atoms with Crippen molar-refractivity contribution in [3.63, 3.8) is 0 Å². The summed E-state index contributed by atoms with van der Waals surface area (Å²) in [5, 5.41) is 6.97. The molecule has 136 valence electrons. The number of amides is 1. The lowest BCUT2D eigenvalue weighted by Crippen LogP contribution is -2.31. The van der Waals surface area contributed by atoms with Gasteiger partial charge in [0.1, 0.15) is 17.1 Å². The van der Waals surface area contributed by atoms with Gasteiger partial charge in [0.05, 0.1) is 22.8 Å². The molecule has 2 N–H and O–H groups in total. The van der Waals surface area contributed by atoms with Gasteiger partial charge in [-0.15, -0.1) is 0 Å². The highest BCUT2D eigenvalue weighted by Gasteiger charge is 2.24. The number of fused-ring (bicyclic) bond motifs is 1. The summed E-state index contributed by atoms with van der Waals surface area (Å²) in [5.41, 5.74) is 3.98. The molecule has 6 heteroatoms. The summed E-state index contributed by atoms with van der Waals surface area (Å²) >= 11 is 0. The maximum atomic E-state index is 12.9. The Kier molecular flexibility index (Phi) is 4.46. The Morgan fingerprint density at radius 2 is 1.85 bits per heavy atom. The molecule has 1 amide bonds. The lowest BCUT2D eigenvalue weighted by Gasteiger charge is -2.17. The first-order valence-corrected chi connectivity index (χ1v) is 8.84. The fourth-order valence-electron chi connectivity index (χ4n) is 3.24. The van der Waals surface area contributed by atoms with Crippen LogP contribution in [-0.4, -0.2) is 21.0 Å². The van der Waals surface area contributed by atoms with Crippen molar-refractivity contribution in [2.75, 3.05) is 0 Å². The number of rotatable bonds is 5. The SMILES string of the molecule is Cc1noc(C)c1C(=O)N[C@H](Cc1ccccc1)c1nc2ccccc2[nH]1. The number of nitrogens with one attached hydrogen (secondary N) is 2. The number of nitrogens with zero attached hydrogens (tertiary/aromatic N) is 2. The van der Waals surface area contributed by atoms with Gasteiger partial charge in [0, 0.05) is 0 Å². The molecule has 0 radical (unpaired) electrons. The van der Waals surface area contributed by atoms with Crippen LogP contribution in [0.4, 0.5) is 0 Å². The average molecular weight is 360 g/mol. The van der Waals surface area contributed by atoms with Crippen LogP contribution in [0.2, 0.25) is 0 Å². The largest absolute Gasteiger partial charge is 0.361 e. The van der Waals surface area contributed by atoms with Gasteiger partial charge in [0.15, 0.2) is 0 Å². The van der Waals surface area contributed by atoms with Gasteiger partial charge < -0.3 is 14.8 Å². The smallest absolute Gasteiger partial charge is 0.257 e. The molecule has 2 aromatic carbocycles. The minimum absolute atomic E-state index is 0.215. The molecule has 4 rings (SSSR count). The van der Waals surface area contributed by atoms with Crippen LogP contribution >= 0.6 is 0 Å². The first-order valence-electron chi connectivity index (χ1n) is 8.84. The number of carbonyl (C=O) groups is 1. The van der Waals surface area contributed by atoms with E-state index in [4.69, 9.17) is 4.52 Å². The fraction of sp³-hybridized carbons (Fsp3) is 0.190. The van der Waals surface area contributed by atoms with E-state index in [9.17, 15) is 4.79 Å². The lowest BCUT2D eigenvalue weighted by molar-refractivity contribution is 0.0933. The van der Waals surface area contributed by atoms with Crippen LogP contribution in [0.1, 0.15) is 39.2 Å². The Bertz CT molecular complexity index is 1030. The van der Waals surface area contributed by atoms with Crippen molar-refractivity contribution in [2.45, 2.75) is 26.3 Å². The van der Waals surface area contributed by atoms with E-state index in [0.717, 1.165) is 22.4 Å². The molecule has 6 nitrogen and oxygen atoms in total. The number of hydrogen-bond donors (Lipinski definition) is 2. The maximum Gasteiger partial charge on any atom is 0.257 e. The normalized spacial score (nSPS) is 12.2. The van der Waals surface area contributed by atoms with Crippen molar-refractivity contribution < 1.29 is 9.32 Å². The van der Waals surface area contributed by atoms with Crippen molar-refractivity contribution in [1.29, 1.82) is 0 Å². The Morgan fingerprint density at radius 1 is 1.11 bits per heavy atom. The molecule has 0 saturated heterocycles. The Balaban J connectivity index is 1.68. The summed E-state index contributed by atoms with van der Waals surface area (Å²) < 4.78 is 5.14. The number of benzene rings is 2. The molecule has 0 spiro atoms. The van der Waals surface area contributed by atoms with E-state index < -0.39 is 0 Å². The standard InChI is InChI=1S/C21H20N4O2/c1-13-19(14(2)27-25-13)21(26)24-18(12-15-8-4-3-5-9-15)20-22-16-10-6-7-11-17(16)23-20/h3-11,18H,12H2,1-2H3,(H,22,23)(H,24,26)/t18-/m1/s1. The number of para-hydroxylation sites is 2. The maximum absolute atomic E-state index is 12.9. The topological polar surface area (TPSA) is 83.8 Å². The first-order chi connectivity index (χ1) is 13.1. The summed E-state index contributed by atoms with van der Waals surface area (Å²) in [7, 11) is 0. The zero-order chi connectivity index (χ0) is 18.8. The van der Waals surface area contributed by atoms with Crippen LogP contribution in [0.15, 0.2) is 59.1 Å². The van der Waals surface area contributed by atoms with Gasteiger partial charge in [0.2, 0.25) is 0 Å². The molecule has 0 aliphatic carbocycles. The van der Waals surface area contributed by atoms with Crippen LogP contribution in [-0.2, 0) is 6.42 Å². The minimum atomic E-state index is -0.305. The number of H-pyrrole nitrogens is 1. The molecule has 4 aromatic rings. The van der Waals surface area contributed by atoms with E-state index >= 15 is 0 Å². The highest BCUT2D eigenvalue weighted by Crippen LogP contribution is 2.21.